The first-order valence-electron chi connectivity index (χ1n) is 7.13. The van der Waals surface area contributed by atoms with Crippen LogP contribution < -0.4 is 11.1 Å². The second-order valence-electron chi connectivity index (χ2n) is 5.73. The molecule has 6 nitrogen and oxygen atoms in total. The van der Waals surface area contributed by atoms with E-state index in [0.29, 0.717) is 18.2 Å². The van der Waals surface area contributed by atoms with Gasteiger partial charge < -0.3 is 11.1 Å². The first-order valence-corrected chi connectivity index (χ1v) is 7.13. The van der Waals surface area contributed by atoms with E-state index in [-0.39, 0.29) is 23.9 Å². The quantitative estimate of drug-likeness (QED) is 0.874. The first-order chi connectivity index (χ1) is 10.1. The standard InChI is InChI=1S/C15H19N5O.ClH/c1-15(10-16,11-7-8-11)17-14(21)13-9-20(19-18-13)12-5-3-2-4-6-12;/h2-6,9,11H,7-8,10,16H2,1H3,(H,17,21);1H. The molecule has 1 aromatic heterocycles. The minimum Gasteiger partial charge on any atom is -0.344 e. The summed E-state index contributed by atoms with van der Waals surface area (Å²) in [6, 6.07) is 9.57. The molecule has 0 aliphatic heterocycles. The second-order valence-corrected chi connectivity index (χ2v) is 5.73. The summed E-state index contributed by atoms with van der Waals surface area (Å²) in [7, 11) is 0. The highest BCUT2D eigenvalue weighted by molar-refractivity contribution is 5.92. The fourth-order valence-electron chi connectivity index (χ4n) is 2.44. The number of carbonyl (C=O) groups is 1. The Balaban J connectivity index is 0.00000176. The topological polar surface area (TPSA) is 85.8 Å². The van der Waals surface area contributed by atoms with E-state index in [9.17, 15) is 4.79 Å². The lowest BCUT2D eigenvalue weighted by Gasteiger charge is -2.28. The molecular formula is C15H20ClN5O. The Morgan fingerprint density at radius 3 is 2.68 bits per heavy atom. The lowest BCUT2D eigenvalue weighted by Crippen LogP contribution is -2.53. The molecule has 1 aromatic carbocycles. The van der Waals surface area contributed by atoms with Crippen LogP contribution in [-0.2, 0) is 0 Å². The highest BCUT2D eigenvalue weighted by Crippen LogP contribution is 2.39. The average molecular weight is 322 g/mol. The monoisotopic (exact) mass is 321 g/mol. The van der Waals surface area contributed by atoms with E-state index in [1.54, 1.807) is 10.9 Å². The van der Waals surface area contributed by atoms with E-state index in [1.807, 2.05) is 37.3 Å². The van der Waals surface area contributed by atoms with Gasteiger partial charge in [-0.15, -0.1) is 17.5 Å². The minimum atomic E-state index is -0.354. The van der Waals surface area contributed by atoms with Gasteiger partial charge in [-0.2, -0.15) is 0 Å². The van der Waals surface area contributed by atoms with Crippen LogP contribution >= 0.6 is 12.4 Å². The molecule has 1 aliphatic rings. The van der Waals surface area contributed by atoms with Gasteiger partial charge in [-0.3, -0.25) is 4.79 Å². The smallest absolute Gasteiger partial charge is 0.273 e. The molecule has 1 atom stereocenters. The molecular weight excluding hydrogens is 302 g/mol. The molecule has 7 heteroatoms. The molecule has 1 unspecified atom stereocenters. The SMILES string of the molecule is CC(CN)(NC(=O)c1cn(-c2ccccc2)nn1)C1CC1.Cl. The van der Waals surface area contributed by atoms with Crippen molar-refractivity contribution in [2.75, 3.05) is 6.54 Å². The molecule has 1 aliphatic carbocycles. The highest BCUT2D eigenvalue weighted by Gasteiger charge is 2.41. The van der Waals surface area contributed by atoms with Gasteiger partial charge in [0.15, 0.2) is 5.69 Å². The van der Waals surface area contributed by atoms with Crippen LogP contribution in [0, 0.1) is 5.92 Å². The van der Waals surface area contributed by atoms with Crippen LogP contribution in [0.2, 0.25) is 0 Å². The van der Waals surface area contributed by atoms with Crippen molar-refractivity contribution < 1.29 is 4.79 Å². The number of nitrogens with zero attached hydrogens (tertiary/aromatic N) is 3. The fraction of sp³-hybridized carbons (Fsp3) is 0.400. The Morgan fingerprint density at radius 1 is 1.41 bits per heavy atom. The van der Waals surface area contributed by atoms with Gasteiger partial charge in [0.05, 0.1) is 17.4 Å². The molecule has 1 amide bonds. The van der Waals surface area contributed by atoms with Gasteiger partial charge in [0.1, 0.15) is 0 Å². The predicted molar refractivity (Wildman–Crippen MR) is 86.3 cm³/mol. The van der Waals surface area contributed by atoms with E-state index in [1.165, 1.54) is 0 Å². The van der Waals surface area contributed by atoms with Crippen molar-refractivity contribution in [3.63, 3.8) is 0 Å². The number of carbonyl (C=O) groups excluding carboxylic acids is 1. The predicted octanol–water partition coefficient (Wildman–Crippen LogP) is 1.55. The first kappa shape index (κ1) is 16.5. The van der Waals surface area contributed by atoms with Crippen molar-refractivity contribution in [3.8, 4) is 5.69 Å². The molecule has 0 spiro atoms. The van der Waals surface area contributed by atoms with Crippen LogP contribution in [0.1, 0.15) is 30.3 Å². The van der Waals surface area contributed by atoms with E-state index in [0.717, 1.165) is 18.5 Å². The van der Waals surface area contributed by atoms with Crippen LogP contribution in [0.4, 0.5) is 0 Å². The molecule has 0 radical (unpaired) electrons. The third-order valence-corrected chi connectivity index (χ3v) is 4.05. The number of nitrogens with two attached hydrogens (primary N) is 1. The van der Waals surface area contributed by atoms with Crippen molar-refractivity contribution in [2.24, 2.45) is 11.7 Å². The molecule has 1 fully saturated rings. The molecule has 1 saturated carbocycles. The van der Waals surface area contributed by atoms with Crippen LogP contribution in [0.5, 0.6) is 0 Å². The summed E-state index contributed by atoms with van der Waals surface area (Å²) in [6.07, 6.45) is 3.86. The van der Waals surface area contributed by atoms with Crippen molar-refractivity contribution >= 4 is 18.3 Å². The number of para-hydroxylation sites is 1. The number of amides is 1. The summed E-state index contributed by atoms with van der Waals surface area (Å²) in [4.78, 5) is 12.3. The van der Waals surface area contributed by atoms with Crippen LogP contribution in [0.15, 0.2) is 36.5 Å². The minimum absolute atomic E-state index is 0. The molecule has 1 heterocycles. The Labute approximate surface area is 135 Å². The van der Waals surface area contributed by atoms with Crippen LogP contribution in [0.3, 0.4) is 0 Å². The molecule has 3 rings (SSSR count). The third kappa shape index (κ3) is 3.28. The Hall–Kier alpha value is -1.92. The van der Waals surface area contributed by atoms with E-state index in [2.05, 4.69) is 15.6 Å². The molecule has 2 aromatic rings. The number of halogens is 1. The van der Waals surface area contributed by atoms with Gasteiger partial charge in [0, 0.05) is 6.54 Å². The summed E-state index contributed by atoms with van der Waals surface area (Å²) in [5, 5.41) is 11.0. The number of nitrogens with one attached hydrogen (secondary N) is 1. The lowest BCUT2D eigenvalue weighted by molar-refractivity contribution is 0.0892. The Bertz CT molecular complexity index is 640. The van der Waals surface area contributed by atoms with E-state index in [4.69, 9.17) is 5.73 Å². The van der Waals surface area contributed by atoms with Crippen molar-refractivity contribution in [2.45, 2.75) is 25.3 Å². The maximum absolute atomic E-state index is 12.3. The molecule has 0 bridgehead atoms. The lowest BCUT2D eigenvalue weighted by atomic mass is 9.96. The summed E-state index contributed by atoms with van der Waals surface area (Å²) in [5.74, 6) is 0.243. The normalized spacial score (nSPS) is 16.5. The van der Waals surface area contributed by atoms with Gasteiger partial charge in [0.2, 0.25) is 0 Å². The Kier molecular flexibility index (Phi) is 4.83. The zero-order chi connectivity index (χ0) is 14.9. The van der Waals surface area contributed by atoms with Gasteiger partial charge in [0.25, 0.3) is 5.91 Å². The average Bonchev–Trinajstić information content (AvgIpc) is 3.26. The molecule has 0 saturated heterocycles. The van der Waals surface area contributed by atoms with Gasteiger partial charge in [-0.1, -0.05) is 23.4 Å². The number of hydrogen-bond acceptors (Lipinski definition) is 4. The van der Waals surface area contributed by atoms with Crippen molar-refractivity contribution in [1.29, 1.82) is 0 Å². The summed E-state index contributed by atoms with van der Waals surface area (Å²) < 4.78 is 1.59. The maximum Gasteiger partial charge on any atom is 0.273 e. The molecule has 22 heavy (non-hydrogen) atoms. The summed E-state index contributed by atoms with van der Waals surface area (Å²) in [6.45, 7) is 2.42. The summed E-state index contributed by atoms with van der Waals surface area (Å²) >= 11 is 0. The second kappa shape index (κ2) is 6.46. The maximum atomic E-state index is 12.3. The number of aromatic nitrogens is 3. The van der Waals surface area contributed by atoms with Crippen LogP contribution in [-0.4, -0.2) is 33.0 Å². The van der Waals surface area contributed by atoms with Gasteiger partial charge >= 0.3 is 0 Å². The molecule has 3 N–H and O–H groups in total. The Morgan fingerprint density at radius 2 is 2.09 bits per heavy atom. The summed E-state index contributed by atoms with van der Waals surface area (Å²) in [5.41, 5.74) is 6.63. The number of rotatable bonds is 5. The van der Waals surface area contributed by atoms with Gasteiger partial charge in [-0.25, -0.2) is 4.68 Å². The molecule has 118 valence electrons. The van der Waals surface area contributed by atoms with Crippen LogP contribution in [0.25, 0.3) is 5.69 Å². The highest BCUT2D eigenvalue weighted by atomic mass is 35.5. The van der Waals surface area contributed by atoms with Gasteiger partial charge in [-0.05, 0) is 37.8 Å². The fourth-order valence-corrected chi connectivity index (χ4v) is 2.44. The number of hydrogen-bond donors (Lipinski definition) is 2. The third-order valence-electron chi connectivity index (χ3n) is 4.05. The van der Waals surface area contributed by atoms with E-state index >= 15 is 0 Å². The largest absolute Gasteiger partial charge is 0.344 e. The zero-order valence-electron chi connectivity index (χ0n) is 12.4. The zero-order valence-corrected chi connectivity index (χ0v) is 13.2. The van der Waals surface area contributed by atoms with E-state index < -0.39 is 0 Å². The number of benzene rings is 1. The van der Waals surface area contributed by atoms with Crippen molar-refractivity contribution in [1.82, 2.24) is 20.3 Å². The van der Waals surface area contributed by atoms with Crippen molar-refractivity contribution in [3.05, 3.63) is 42.2 Å².